The molecule has 2 atom stereocenters. The summed E-state index contributed by atoms with van der Waals surface area (Å²) in [6.45, 7) is 19.6. The van der Waals surface area contributed by atoms with Gasteiger partial charge in [-0.25, -0.2) is 0 Å². The third-order valence-corrected chi connectivity index (χ3v) is 8.83. The summed E-state index contributed by atoms with van der Waals surface area (Å²) in [5, 5.41) is 11.2. The number of pyridine rings is 1. The Hall–Kier alpha value is -3.83. The number of anilines is 1. The highest BCUT2D eigenvalue weighted by Gasteiger charge is 2.31. The topological polar surface area (TPSA) is 111 Å². The van der Waals surface area contributed by atoms with Gasteiger partial charge in [0.25, 0.3) is 0 Å². The molecule has 2 aromatic carbocycles. The summed E-state index contributed by atoms with van der Waals surface area (Å²) in [7, 11) is 1.98. The first-order valence-electron chi connectivity index (χ1n) is 18.9. The minimum Gasteiger partial charge on any atom is -0.494 e. The van der Waals surface area contributed by atoms with Gasteiger partial charge < -0.3 is 29.6 Å². The fourth-order valence-electron chi connectivity index (χ4n) is 5.84. The molecule has 3 N–H and O–H groups in total. The average Bonchev–Trinajstić information content (AvgIpc) is 3.14. The highest BCUT2D eigenvalue weighted by atomic mass is 16.5. The lowest BCUT2D eigenvalue weighted by Crippen LogP contribution is -2.46. The van der Waals surface area contributed by atoms with Crippen molar-refractivity contribution in [2.75, 3.05) is 65.1 Å². The van der Waals surface area contributed by atoms with Gasteiger partial charge in [0.2, 0.25) is 0 Å². The van der Waals surface area contributed by atoms with Gasteiger partial charge in [-0.05, 0) is 121 Å². The van der Waals surface area contributed by atoms with Crippen LogP contribution in [-0.4, -0.2) is 88.5 Å². The summed E-state index contributed by atoms with van der Waals surface area (Å²) >= 11 is 0. The number of rotatable bonds is 26. The lowest BCUT2D eigenvalue weighted by Gasteiger charge is -2.36. The Morgan fingerprint density at radius 2 is 1.56 bits per heavy atom. The first kappa shape index (κ1) is 42.6. The van der Waals surface area contributed by atoms with Crippen LogP contribution in [0.25, 0.3) is 0 Å². The number of unbranched alkanes of at least 4 members (excludes halogenated alkanes) is 3. The molecule has 0 aliphatic heterocycles. The van der Waals surface area contributed by atoms with Crippen molar-refractivity contribution in [2.45, 2.75) is 90.2 Å². The fraction of sp³-hybridized carbons (Fsp3) is 0.548. The van der Waals surface area contributed by atoms with E-state index in [1.807, 2.05) is 32.2 Å². The van der Waals surface area contributed by atoms with Gasteiger partial charge in [0.15, 0.2) is 0 Å². The van der Waals surface area contributed by atoms with Gasteiger partial charge in [-0.3, -0.25) is 15.4 Å². The first-order chi connectivity index (χ1) is 25.2. The maximum Gasteiger partial charge on any atom is 0.148 e. The van der Waals surface area contributed by atoms with E-state index >= 15 is 0 Å². The summed E-state index contributed by atoms with van der Waals surface area (Å²) in [5.74, 6) is 1.73. The van der Waals surface area contributed by atoms with E-state index in [0.717, 1.165) is 75.3 Å². The third-order valence-electron chi connectivity index (χ3n) is 8.83. The van der Waals surface area contributed by atoms with Crippen LogP contribution < -0.4 is 20.8 Å². The zero-order valence-corrected chi connectivity index (χ0v) is 32.6. The first-order valence-corrected chi connectivity index (χ1v) is 18.9. The molecule has 0 radical (unpaired) electrons. The molecule has 3 aromatic rings. The number of hydrazone groups is 1. The number of hydrogen-bond acceptors (Lipinski definition) is 9. The minimum absolute atomic E-state index is 0.170. The van der Waals surface area contributed by atoms with E-state index in [-0.39, 0.29) is 11.5 Å². The van der Waals surface area contributed by atoms with Crippen molar-refractivity contribution in [1.82, 2.24) is 15.7 Å². The van der Waals surface area contributed by atoms with E-state index in [1.54, 1.807) is 12.4 Å². The molecule has 0 amide bonds. The summed E-state index contributed by atoms with van der Waals surface area (Å²) in [6.07, 6.45) is 9.44. The molecule has 0 saturated carbocycles. The molecule has 0 fully saturated rings. The summed E-state index contributed by atoms with van der Waals surface area (Å²) in [4.78, 5) is 9.23. The fourth-order valence-corrected chi connectivity index (χ4v) is 5.84. The third kappa shape index (κ3) is 16.2. The number of aromatic nitrogens is 1. The molecule has 1 unspecified atom stereocenters. The Kier molecular flexibility index (Phi) is 19.4. The van der Waals surface area contributed by atoms with E-state index < -0.39 is 5.54 Å². The molecule has 1 aromatic heterocycles. The van der Waals surface area contributed by atoms with E-state index in [2.05, 4.69) is 103 Å². The number of benzene rings is 2. The SMILES string of the molecule is C=NNC(=NCC(CCNC)(CCOC(C)(C)C)Nc1cccc([C@H](C)c2cccc(OCCCCCCOCCOCC)c2)c1)c1ccncc1. The molecule has 0 aliphatic rings. The van der Waals surface area contributed by atoms with Crippen molar-refractivity contribution in [3.63, 3.8) is 0 Å². The highest BCUT2D eigenvalue weighted by molar-refractivity contribution is 5.98. The van der Waals surface area contributed by atoms with Gasteiger partial charge in [-0.1, -0.05) is 37.6 Å². The quantitative estimate of drug-likeness (QED) is 0.0334. The molecule has 286 valence electrons. The van der Waals surface area contributed by atoms with Crippen LogP contribution in [0, 0.1) is 0 Å². The molecular formula is C42H64N6O4. The van der Waals surface area contributed by atoms with Gasteiger partial charge >= 0.3 is 0 Å². The molecule has 52 heavy (non-hydrogen) atoms. The molecule has 10 heteroatoms. The highest BCUT2D eigenvalue weighted by Crippen LogP contribution is 2.31. The Labute approximate surface area is 313 Å². The van der Waals surface area contributed by atoms with Crippen molar-refractivity contribution < 1.29 is 18.9 Å². The smallest absolute Gasteiger partial charge is 0.148 e. The molecule has 0 bridgehead atoms. The van der Waals surface area contributed by atoms with Crippen LogP contribution >= 0.6 is 0 Å². The largest absolute Gasteiger partial charge is 0.494 e. The predicted molar refractivity (Wildman–Crippen MR) is 215 cm³/mol. The summed E-state index contributed by atoms with van der Waals surface area (Å²) < 4.78 is 23.4. The molecule has 0 saturated heterocycles. The second kappa shape index (κ2) is 23.7. The Morgan fingerprint density at radius 3 is 2.27 bits per heavy atom. The van der Waals surface area contributed by atoms with Crippen molar-refractivity contribution in [1.29, 1.82) is 0 Å². The molecule has 0 aliphatic carbocycles. The predicted octanol–water partition coefficient (Wildman–Crippen LogP) is 7.84. The summed E-state index contributed by atoms with van der Waals surface area (Å²) in [5.41, 5.74) is 6.70. The molecular weight excluding hydrogens is 653 g/mol. The standard InChI is InChI=1S/C42H64N6O4/c1-8-49-29-30-50-26-11-9-10-12-27-51-39-18-14-16-37(32-39)34(2)36-15-13-17-38(31-36)47-42(21-25-43-6,22-28-52-41(3,4)5)33-46-40(48-44-7)35-19-23-45-24-20-35/h13-20,23-24,31-32,34,43,47H,7-12,21-22,25-30,33H2,1-6H3,(H,46,48)/t34-,42?/m0/s1. The van der Waals surface area contributed by atoms with Crippen LogP contribution in [0.1, 0.15) is 95.8 Å². The zero-order chi connectivity index (χ0) is 37.5. The van der Waals surface area contributed by atoms with Crippen LogP contribution in [0.3, 0.4) is 0 Å². The molecule has 3 rings (SSSR count). The number of amidine groups is 1. The van der Waals surface area contributed by atoms with Gasteiger partial charge in [0.1, 0.15) is 11.6 Å². The molecule has 0 spiro atoms. The van der Waals surface area contributed by atoms with Crippen molar-refractivity contribution in [3.05, 3.63) is 89.7 Å². The Balaban J connectivity index is 1.72. The molecule has 1 heterocycles. The summed E-state index contributed by atoms with van der Waals surface area (Å²) in [6, 6.07) is 21.0. The van der Waals surface area contributed by atoms with Crippen LogP contribution in [0.2, 0.25) is 0 Å². The van der Waals surface area contributed by atoms with Gasteiger partial charge in [0, 0.05) is 56.1 Å². The average molecular weight is 717 g/mol. The maximum atomic E-state index is 6.26. The van der Waals surface area contributed by atoms with Gasteiger partial charge in [0.05, 0.1) is 37.5 Å². The second-order valence-corrected chi connectivity index (χ2v) is 14.1. The lowest BCUT2D eigenvalue weighted by atomic mass is 9.89. The van der Waals surface area contributed by atoms with E-state index in [1.165, 1.54) is 11.1 Å². The van der Waals surface area contributed by atoms with Crippen LogP contribution in [0.5, 0.6) is 5.75 Å². The maximum absolute atomic E-state index is 6.26. The number of ether oxygens (including phenoxy) is 4. The monoisotopic (exact) mass is 716 g/mol. The number of nitrogens with zero attached hydrogens (tertiary/aromatic N) is 3. The van der Waals surface area contributed by atoms with E-state index in [9.17, 15) is 0 Å². The number of hydrogen-bond donors (Lipinski definition) is 3. The lowest BCUT2D eigenvalue weighted by molar-refractivity contribution is -0.0100. The number of aliphatic imine (C=N–C) groups is 1. The van der Waals surface area contributed by atoms with E-state index in [4.69, 9.17) is 23.9 Å². The van der Waals surface area contributed by atoms with Crippen LogP contribution in [0.15, 0.2) is 83.2 Å². The normalized spacial score (nSPS) is 13.7. The van der Waals surface area contributed by atoms with Gasteiger partial charge in [-0.15, -0.1) is 0 Å². The van der Waals surface area contributed by atoms with Crippen molar-refractivity contribution in [3.8, 4) is 5.75 Å². The molecule has 10 nitrogen and oxygen atoms in total. The Bertz CT molecular complexity index is 1450. The Morgan fingerprint density at radius 1 is 0.846 bits per heavy atom. The number of nitrogens with one attached hydrogen (secondary N) is 3. The second-order valence-electron chi connectivity index (χ2n) is 14.1. The zero-order valence-electron chi connectivity index (χ0n) is 32.6. The van der Waals surface area contributed by atoms with Gasteiger partial charge in [-0.2, -0.15) is 5.10 Å². The van der Waals surface area contributed by atoms with Crippen LogP contribution in [-0.2, 0) is 14.2 Å². The minimum atomic E-state index is -0.415. The van der Waals surface area contributed by atoms with Crippen LogP contribution in [0.4, 0.5) is 5.69 Å². The van der Waals surface area contributed by atoms with E-state index in [0.29, 0.717) is 38.8 Å². The van der Waals surface area contributed by atoms with Crippen molar-refractivity contribution >= 4 is 18.2 Å². The van der Waals surface area contributed by atoms with Crippen molar-refractivity contribution in [2.24, 2.45) is 10.1 Å².